The highest BCUT2D eigenvalue weighted by molar-refractivity contribution is 7.92. The number of aryl methyl sites for hydroxylation is 2. The summed E-state index contributed by atoms with van der Waals surface area (Å²) in [5.41, 5.74) is 8.13. The van der Waals surface area contributed by atoms with Gasteiger partial charge >= 0.3 is 0 Å². The molecule has 0 bridgehead atoms. The second-order valence-corrected chi connectivity index (χ2v) is 6.31. The average molecular weight is 307 g/mol. The molecule has 0 unspecified atom stereocenters. The lowest BCUT2D eigenvalue weighted by atomic mass is 10.2. The van der Waals surface area contributed by atoms with Crippen molar-refractivity contribution < 1.29 is 13.2 Å². The summed E-state index contributed by atoms with van der Waals surface area (Å²) in [4.78, 5) is 3.91. The van der Waals surface area contributed by atoms with Crippen LogP contribution in [0.3, 0.4) is 0 Å². The van der Waals surface area contributed by atoms with Crippen molar-refractivity contribution in [2.75, 3.05) is 17.6 Å². The van der Waals surface area contributed by atoms with E-state index in [2.05, 4.69) is 9.71 Å². The third kappa shape index (κ3) is 3.08. The van der Waals surface area contributed by atoms with E-state index in [-0.39, 0.29) is 10.6 Å². The number of nitrogen functional groups attached to an aromatic ring is 1. The monoisotopic (exact) mass is 307 g/mol. The summed E-state index contributed by atoms with van der Waals surface area (Å²) >= 11 is 0. The Bertz CT molecular complexity index is 773. The van der Waals surface area contributed by atoms with Crippen LogP contribution in [0.15, 0.2) is 35.5 Å². The molecule has 0 radical (unpaired) electrons. The molecule has 3 N–H and O–H groups in total. The van der Waals surface area contributed by atoms with Crippen LogP contribution in [0.4, 0.5) is 11.4 Å². The molecule has 1 aromatic heterocycles. The molecular weight excluding hydrogens is 290 g/mol. The lowest BCUT2D eigenvalue weighted by molar-refractivity contribution is 0.402. The Morgan fingerprint density at radius 3 is 2.57 bits per heavy atom. The van der Waals surface area contributed by atoms with Crippen molar-refractivity contribution in [1.29, 1.82) is 0 Å². The number of rotatable bonds is 4. The number of methoxy groups -OCH3 is 1. The maximum Gasteiger partial charge on any atom is 0.265 e. The maximum absolute atomic E-state index is 12.5. The zero-order valence-corrected chi connectivity index (χ0v) is 12.9. The fraction of sp³-hybridized carbons (Fsp3) is 0.214. The van der Waals surface area contributed by atoms with Gasteiger partial charge in [-0.15, -0.1) is 0 Å². The fourth-order valence-electron chi connectivity index (χ4n) is 1.82. The Labute approximate surface area is 124 Å². The van der Waals surface area contributed by atoms with E-state index >= 15 is 0 Å². The van der Waals surface area contributed by atoms with Gasteiger partial charge in [0.25, 0.3) is 10.0 Å². The lowest BCUT2D eigenvalue weighted by Gasteiger charge is -2.14. The first-order valence-electron chi connectivity index (χ1n) is 6.22. The molecule has 1 aromatic carbocycles. The summed E-state index contributed by atoms with van der Waals surface area (Å²) in [5.74, 6) is 0.246. The van der Waals surface area contributed by atoms with Crippen LogP contribution in [-0.2, 0) is 10.0 Å². The third-order valence-electron chi connectivity index (χ3n) is 3.13. The normalized spacial score (nSPS) is 11.2. The SMILES string of the molecule is COc1cc(C)c(N)cc1S(=O)(=O)Nc1cnccc1C. The van der Waals surface area contributed by atoms with Gasteiger partial charge in [-0.2, -0.15) is 0 Å². The molecule has 0 atom stereocenters. The predicted molar refractivity (Wildman–Crippen MR) is 81.9 cm³/mol. The van der Waals surface area contributed by atoms with E-state index in [0.717, 1.165) is 11.1 Å². The first kappa shape index (κ1) is 15.1. The molecule has 2 aromatic rings. The van der Waals surface area contributed by atoms with Gasteiger partial charge in [0.2, 0.25) is 0 Å². The largest absolute Gasteiger partial charge is 0.495 e. The van der Waals surface area contributed by atoms with E-state index in [1.807, 2.05) is 0 Å². The molecule has 0 amide bonds. The van der Waals surface area contributed by atoms with Crippen LogP contribution in [0.1, 0.15) is 11.1 Å². The van der Waals surface area contributed by atoms with Crippen LogP contribution in [0.25, 0.3) is 0 Å². The number of sulfonamides is 1. The summed E-state index contributed by atoms with van der Waals surface area (Å²) in [6.07, 6.45) is 3.05. The number of pyridine rings is 1. The molecular formula is C14H17N3O3S. The van der Waals surface area contributed by atoms with Crippen LogP contribution in [0.5, 0.6) is 5.75 Å². The van der Waals surface area contributed by atoms with Crippen LogP contribution in [0.2, 0.25) is 0 Å². The Balaban J connectivity index is 2.50. The predicted octanol–water partition coefficient (Wildman–Crippen LogP) is 2.09. The number of hydrogen-bond donors (Lipinski definition) is 2. The Kier molecular flexibility index (Phi) is 4.04. The smallest absolute Gasteiger partial charge is 0.265 e. The number of benzene rings is 1. The average Bonchev–Trinajstić information content (AvgIpc) is 2.43. The number of hydrogen-bond acceptors (Lipinski definition) is 5. The maximum atomic E-state index is 12.5. The molecule has 0 saturated carbocycles. The van der Waals surface area contributed by atoms with E-state index in [1.165, 1.54) is 19.4 Å². The Hall–Kier alpha value is -2.28. The molecule has 0 aliphatic heterocycles. The molecule has 0 spiro atoms. The third-order valence-corrected chi connectivity index (χ3v) is 4.51. The molecule has 7 heteroatoms. The topological polar surface area (TPSA) is 94.3 Å². The summed E-state index contributed by atoms with van der Waals surface area (Å²) in [5, 5.41) is 0. The number of nitrogens with two attached hydrogens (primary N) is 1. The number of nitrogens with zero attached hydrogens (tertiary/aromatic N) is 1. The van der Waals surface area contributed by atoms with Gasteiger partial charge in [0.05, 0.1) is 19.0 Å². The van der Waals surface area contributed by atoms with E-state index in [4.69, 9.17) is 10.5 Å². The zero-order chi connectivity index (χ0) is 15.6. The van der Waals surface area contributed by atoms with Crippen molar-refractivity contribution in [2.24, 2.45) is 0 Å². The van der Waals surface area contributed by atoms with Crippen LogP contribution in [0, 0.1) is 13.8 Å². The standard InChI is InChI=1S/C14H17N3O3S/c1-9-4-5-16-8-12(9)17-21(18,19)14-7-11(15)10(2)6-13(14)20-3/h4-8,17H,15H2,1-3H3. The first-order chi connectivity index (χ1) is 9.85. The summed E-state index contributed by atoms with van der Waals surface area (Å²) < 4.78 is 32.7. The van der Waals surface area contributed by atoms with Crippen molar-refractivity contribution in [3.63, 3.8) is 0 Å². The molecule has 21 heavy (non-hydrogen) atoms. The minimum absolute atomic E-state index is 0.00338. The zero-order valence-electron chi connectivity index (χ0n) is 12.0. The number of anilines is 2. The molecule has 2 rings (SSSR count). The highest BCUT2D eigenvalue weighted by Gasteiger charge is 2.21. The van der Waals surface area contributed by atoms with Crippen molar-refractivity contribution in [3.8, 4) is 5.75 Å². The molecule has 1 heterocycles. The van der Waals surface area contributed by atoms with E-state index in [9.17, 15) is 8.42 Å². The Morgan fingerprint density at radius 1 is 1.24 bits per heavy atom. The van der Waals surface area contributed by atoms with Gasteiger partial charge in [-0.25, -0.2) is 8.42 Å². The molecule has 0 fully saturated rings. The van der Waals surface area contributed by atoms with E-state index < -0.39 is 10.0 Å². The van der Waals surface area contributed by atoms with Crippen molar-refractivity contribution in [3.05, 3.63) is 41.7 Å². The van der Waals surface area contributed by atoms with Gasteiger partial charge in [-0.3, -0.25) is 9.71 Å². The highest BCUT2D eigenvalue weighted by Crippen LogP contribution is 2.30. The highest BCUT2D eigenvalue weighted by atomic mass is 32.2. The molecule has 0 saturated heterocycles. The summed E-state index contributed by atoms with van der Waals surface area (Å²) in [6, 6.07) is 4.71. The van der Waals surface area contributed by atoms with Crippen molar-refractivity contribution >= 4 is 21.4 Å². The molecule has 0 aliphatic rings. The number of aromatic nitrogens is 1. The number of nitrogens with one attached hydrogen (secondary N) is 1. The van der Waals surface area contributed by atoms with Crippen LogP contribution in [-0.4, -0.2) is 20.5 Å². The minimum Gasteiger partial charge on any atom is -0.495 e. The summed E-state index contributed by atoms with van der Waals surface area (Å²) in [6.45, 7) is 3.58. The summed E-state index contributed by atoms with van der Waals surface area (Å²) in [7, 11) is -2.40. The Morgan fingerprint density at radius 2 is 1.95 bits per heavy atom. The van der Waals surface area contributed by atoms with Gasteiger partial charge in [-0.05, 0) is 43.2 Å². The molecule has 0 aliphatic carbocycles. The van der Waals surface area contributed by atoms with Crippen molar-refractivity contribution in [1.82, 2.24) is 4.98 Å². The van der Waals surface area contributed by atoms with Gasteiger partial charge in [0.15, 0.2) is 0 Å². The lowest BCUT2D eigenvalue weighted by Crippen LogP contribution is -2.15. The van der Waals surface area contributed by atoms with Crippen LogP contribution >= 0.6 is 0 Å². The first-order valence-corrected chi connectivity index (χ1v) is 7.71. The van der Waals surface area contributed by atoms with Crippen LogP contribution < -0.4 is 15.2 Å². The minimum atomic E-state index is -3.81. The van der Waals surface area contributed by atoms with Gasteiger partial charge in [-0.1, -0.05) is 0 Å². The molecule has 112 valence electrons. The quantitative estimate of drug-likeness (QED) is 0.843. The van der Waals surface area contributed by atoms with Gasteiger partial charge in [0, 0.05) is 11.9 Å². The van der Waals surface area contributed by atoms with E-state index in [1.54, 1.807) is 32.2 Å². The van der Waals surface area contributed by atoms with Gasteiger partial charge < -0.3 is 10.5 Å². The number of ether oxygens (including phenoxy) is 1. The van der Waals surface area contributed by atoms with E-state index in [0.29, 0.717) is 11.4 Å². The van der Waals surface area contributed by atoms with Crippen molar-refractivity contribution in [2.45, 2.75) is 18.7 Å². The fourth-order valence-corrected chi connectivity index (χ4v) is 3.12. The second-order valence-electron chi connectivity index (χ2n) is 4.66. The second kappa shape index (κ2) is 5.61. The molecule has 6 nitrogen and oxygen atoms in total. The van der Waals surface area contributed by atoms with Gasteiger partial charge in [0.1, 0.15) is 10.6 Å².